The molecule has 0 spiro atoms. The van der Waals surface area contributed by atoms with E-state index in [1.807, 2.05) is 6.20 Å². The summed E-state index contributed by atoms with van der Waals surface area (Å²) in [6.45, 7) is 1.74. The van der Waals surface area contributed by atoms with Gasteiger partial charge < -0.3 is 4.57 Å². The van der Waals surface area contributed by atoms with Gasteiger partial charge in [-0.15, -0.1) is 10.2 Å². The Kier molecular flexibility index (Phi) is 4.23. The summed E-state index contributed by atoms with van der Waals surface area (Å²) < 4.78 is 29.0. The van der Waals surface area contributed by atoms with Crippen LogP contribution in [0.2, 0.25) is 5.02 Å². The van der Waals surface area contributed by atoms with E-state index in [2.05, 4.69) is 20.3 Å². The summed E-state index contributed by atoms with van der Waals surface area (Å²) in [5.74, 6) is 0.800. The van der Waals surface area contributed by atoms with E-state index < -0.39 is 15.1 Å². The zero-order valence-electron chi connectivity index (χ0n) is 14.5. The number of sulfone groups is 1. The first kappa shape index (κ1) is 17.4. The highest BCUT2D eigenvalue weighted by molar-refractivity contribution is 7.91. The van der Waals surface area contributed by atoms with Crippen LogP contribution in [0.4, 0.5) is 0 Å². The number of pyridine rings is 1. The Labute approximate surface area is 156 Å². The summed E-state index contributed by atoms with van der Waals surface area (Å²) in [5, 5.41) is 12.2. The van der Waals surface area contributed by atoms with Gasteiger partial charge in [0.2, 0.25) is 15.0 Å². The molecule has 138 valence electrons. The van der Waals surface area contributed by atoms with E-state index in [-0.39, 0.29) is 11.1 Å². The van der Waals surface area contributed by atoms with Gasteiger partial charge in [-0.3, -0.25) is 0 Å². The highest BCUT2D eigenvalue weighted by Crippen LogP contribution is 2.39. The number of rotatable bonds is 3. The zero-order valence-corrected chi connectivity index (χ0v) is 16.1. The molecule has 0 atom stereocenters. The summed E-state index contributed by atoms with van der Waals surface area (Å²) in [6, 6.07) is 1.80. The van der Waals surface area contributed by atoms with Crippen LogP contribution in [0.3, 0.4) is 0 Å². The Balaban J connectivity index is 1.55. The molecule has 10 heteroatoms. The van der Waals surface area contributed by atoms with Crippen LogP contribution in [-0.4, -0.2) is 43.0 Å². The molecule has 0 amide bonds. The van der Waals surface area contributed by atoms with Crippen LogP contribution < -0.4 is 0 Å². The molecule has 0 radical (unpaired) electrons. The fourth-order valence-electron chi connectivity index (χ4n) is 3.62. The maximum absolute atomic E-state index is 12.9. The SMILES string of the molecule is Cc1nnc(S(=O)(=O)[C@H]2CC[C@H](c3cn4ncnc4cc3Cl)CC2)n1C. The van der Waals surface area contributed by atoms with Crippen molar-refractivity contribution in [1.29, 1.82) is 0 Å². The molecule has 8 nitrogen and oxygen atoms in total. The molecule has 3 aromatic rings. The average Bonchev–Trinajstić information content (AvgIpc) is 3.21. The van der Waals surface area contributed by atoms with E-state index >= 15 is 0 Å². The lowest BCUT2D eigenvalue weighted by atomic mass is 9.84. The summed E-state index contributed by atoms with van der Waals surface area (Å²) in [5.41, 5.74) is 1.70. The molecule has 3 heterocycles. The average molecular weight is 395 g/mol. The van der Waals surface area contributed by atoms with Crippen LogP contribution in [0.15, 0.2) is 23.7 Å². The predicted molar refractivity (Wildman–Crippen MR) is 95.9 cm³/mol. The normalized spacial score (nSPS) is 21.3. The maximum Gasteiger partial charge on any atom is 0.249 e. The number of fused-ring (bicyclic) bond motifs is 1. The van der Waals surface area contributed by atoms with E-state index in [9.17, 15) is 8.42 Å². The lowest BCUT2D eigenvalue weighted by Gasteiger charge is -2.28. The van der Waals surface area contributed by atoms with Crippen LogP contribution in [0.25, 0.3) is 5.65 Å². The molecular formula is C16H19ClN6O2S. The van der Waals surface area contributed by atoms with Gasteiger partial charge in [0.15, 0.2) is 5.65 Å². The molecule has 1 aliphatic rings. The highest BCUT2D eigenvalue weighted by atomic mass is 35.5. The fourth-order valence-corrected chi connectivity index (χ4v) is 5.78. The highest BCUT2D eigenvalue weighted by Gasteiger charge is 2.36. The lowest BCUT2D eigenvalue weighted by molar-refractivity contribution is 0.431. The van der Waals surface area contributed by atoms with Gasteiger partial charge in [0.1, 0.15) is 12.2 Å². The van der Waals surface area contributed by atoms with Gasteiger partial charge in [-0.25, -0.2) is 17.9 Å². The second kappa shape index (κ2) is 6.31. The van der Waals surface area contributed by atoms with Gasteiger partial charge in [0.25, 0.3) is 0 Å². The molecule has 1 aliphatic carbocycles. The Morgan fingerprint density at radius 2 is 1.92 bits per heavy atom. The third kappa shape index (κ3) is 2.79. The van der Waals surface area contributed by atoms with Crippen LogP contribution in [0, 0.1) is 6.92 Å². The second-order valence-corrected chi connectivity index (χ2v) is 9.28. The minimum Gasteiger partial charge on any atom is -0.305 e. The largest absolute Gasteiger partial charge is 0.305 e. The van der Waals surface area contributed by atoms with Crippen molar-refractivity contribution in [3.05, 3.63) is 35.0 Å². The van der Waals surface area contributed by atoms with Gasteiger partial charge in [0, 0.05) is 24.3 Å². The van der Waals surface area contributed by atoms with Crippen molar-refractivity contribution in [2.24, 2.45) is 7.05 Å². The van der Waals surface area contributed by atoms with Crippen molar-refractivity contribution in [3.8, 4) is 0 Å². The van der Waals surface area contributed by atoms with Crippen LogP contribution in [0.1, 0.15) is 43.0 Å². The van der Waals surface area contributed by atoms with Crippen molar-refractivity contribution in [1.82, 2.24) is 29.4 Å². The van der Waals surface area contributed by atoms with E-state index in [4.69, 9.17) is 11.6 Å². The summed E-state index contributed by atoms with van der Waals surface area (Å²) in [7, 11) is -1.80. The minimum absolute atomic E-state index is 0.0560. The van der Waals surface area contributed by atoms with Gasteiger partial charge in [0.05, 0.1) is 5.25 Å². The Hall–Kier alpha value is -2.00. The van der Waals surface area contributed by atoms with Crippen molar-refractivity contribution in [2.45, 2.75) is 48.9 Å². The number of aromatic nitrogens is 6. The summed E-state index contributed by atoms with van der Waals surface area (Å²) >= 11 is 6.42. The first-order valence-corrected chi connectivity index (χ1v) is 10.4. The number of aryl methyl sites for hydroxylation is 1. The van der Waals surface area contributed by atoms with Crippen molar-refractivity contribution >= 4 is 27.1 Å². The number of halogens is 1. The number of hydrogen-bond donors (Lipinski definition) is 0. The van der Waals surface area contributed by atoms with E-state index in [1.54, 1.807) is 24.6 Å². The lowest BCUT2D eigenvalue weighted by Crippen LogP contribution is -2.28. The number of hydrogen-bond acceptors (Lipinski definition) is 6. The quantitative estimate of drug-likeness (QED) is 0.676. The molecule has 1 saturated carbocycles. The maximum atomic E-state index is 12.9. The molecule has 0 aliphatic heterocycles. The first-order chi connectivity index (χ1) is 12.4. The Morgan fingerprint density at radius 3 is 2.58 bits per heavy atom. The van der Waals surface area contributed by atoms with Crippen molar-refractivity contribution in [3.63, 3.8) is 0 Å². The topological polar surface area (TPSA) is 95.0 Å². The first-order valence-electron chi connectivity index (χ1n) is 8.46. The standard InChI is InChI=1S/C16H19ClN6O2S/c1-10-20-21-16(22(10)2)26(24,25)12-5-3-11(4-6-12)13-8-23-15(7-14(13)17)18-9-19-23/h7-9,11-12H,3-6H2,1-2H3/t11-,12-. The smallest absolute Gasteiger partial charge is 0.249 e. The third-order valence-electron chi connectivity index (χ3n) is 5.25. The minimum atomic E-state index is -3.48. The summed E-state index contributed by atoms with van der Waals surface area (Å²) in [4.78, 5) is 4.13. The molecule has 26 heavy (non-hydrogen) atoms. The van der Waals surface area contributed by atoms with Crippen LogP contribution in [-0.2, 0) is 16.9 Å². The molecule has 4 rings (SSSR count). The Morgan fingerprint density at radius 1 is 1.19 bits per heavy atom. The van der Waals surface area contributed by atoms with Gasteiger partial charge in [-0.1, -0.05) is 11.6 Å². The van der Waals surface area contributed by atoms with Crippen LogP contribution >= 0.6 is 11.6 Å². The van der Waals surface area contributed by atoms with Crippen LogP contribution in [0.5, 0.6) is 0 Å². The van der Waals surface area contributed by atoms with Gasteiger partial charge in [-0.2, -0.15) is 5.10 Å². The fraction of sp³-hybridized carbons (Fsp3) is 0.500. The molecule has 0 bridgehead atoms. The van der Waals surface area contributed by atoms with E-state index in [0.717, 1.165) is 18.4 Å². The Bertz CT molecular complexity index is 1070. The van der Waals surface area contributed by atoms with E-state index in [1.165, 1.54) is 10.9 Å². The zero-order chi connectivity index (χ0) is 18.5. The number of nitrogens with zero attached hydrogens (tertiary/aromatic N) is 6. The molecule has 0 saturated heterocycles. The molecule has 1 fully saturated rings. The van der Waals surface area contributed by atoms with Gasteiger partial charge >= 0.3 is 0 Å². The molecule has 0 aromatic carbocycles. The van der Waals surface area contributed by atoms with E-state index in [0.29, 0.717) is 29.3 Å². The molecule has 0 N–H and O–H groups in total. The summed E-state index contributed by atoms with van der Waals surface area (Å²) in [6.07, 6.45) is 6.04. The monoisotopic (exact) mass is 394 g/mol. The molecular weight excluding hydrogens is 376 g/mol. The second-order valence-electron chi connectivity index (χ2n) is 6.75. The predicted octanol–water partition coefficient (Wildman–Crippen LogP) is 2.32. The van der Waals surface area contributed by atoms with Gasteiger partial charge in [-0.05, 0) is 44.1 Å². The van der Waals surface area contributed by atoms with Crippen molar-refractivity contribution in [2.75, 3.05) is 0 Å². The van der Waals surface area contributed by atoms with Crippen molar-refractivity contribution < 1.29 is 8.42 Å². The molecule has 0 unspecified atom stereocenters. The molecule has 3 aromatic heterocycles. The third-order valence-corrected chi connectivity index (χ3v) is 7.79.